The average molecular weight is 402 g/mol. The van der Waals surface area contributed by atoms with Crippen molar-refractivity contribution < 1.29 is 36.6 Å². The highest BCUT2D eigenvalue weighted by molar-refractivity contribution is 5.98. The van der Waals surface area contributed by atoms with Gasteiger partial charge in [0.25, 0.3) is 5.91 Å². The van der Waals surface area contributed by atoms with Crippen molar-refractivity contribution in [3.63, 3.8) is 0 Å². The van der Waals surface area contributed by atoms with E-state index in [0.29, 0.717) is 0 Å². The molecule has 0 saturated heterocycles. The molecule has 0 bridgehead atoms. The minimum absolute atomic E-state index is 0.0918. The molecule has 0 aliphatic heterocycles. The molecule has 0 unspecified atom stereocenters. The van der Waals surface area contributed by atoms with E-state index in [1.165, 1.54) is 7.05 Å². The summed E-state index contributed by atoms with van der Waals surface area (Å²) in [5.41, 5.74) is -1.02. The van der Waals surface area contributed by atoms with Crippen LogP contribution >= 0.6 is 0 Å². The van der Waals surface area contributed by atoms with Crippen molar-refractivity contribution in [2.45, 2.75) is 12.6 Å². The molecule has 2 N–H and O–H groups in total. The lowest BCUT2D eigenvalue weighted by Crippen LogP contribution is -2.49. The molecule has 2 rings (SSSR count). The molecule has 150 valence electrons. The zero-order chi connectivity index (χ0) is 21.0. The maximum Gasteiger partial charge on any atom is 0.258 e. The van der Waals surface area contributed by atoms with Gasteiger partial charge in [-0.3, -0.25) is 9.59 Å². The fraction of sp³-hybridized carbons (Fsp3) is 0.222. The number of aliphatic hydroxyl groups excluding tert-OH is 1. The van der Waals surface area contributed by atoms with Crippen LogP contribution in [0.4, 0.5) is 22.0 Å². The van der Waals surface area contributed by atoms with E-state index in [0.717, 1.165) is 10.5 Å². The van der Waals surface area contributed by atoms with Crippen LogP contribution in [0.2, 0.25) is 0 Å². The summed E-state index contributed by atoms with van der Waals surface area (Å²) >= 11 is 0. The molecule has 0 fully saturated rings. The molecule has 0 radical (unpaired) electrons. The van der Waals surface area contributed by atoms with Gasteiger partial charge in [-0.2, -0.15) is 0 Å². The molecule has 0 saturated carbocycles. The lowest BCUT2D eigenvalue weighted by molar-refractivity contribution is -0.133. The van der Waals surface area contributed by atoms with Gasteiger partial charge in [-0.25, -0.2) is 22.0 Å². The van der Waals surface area contributed by atoms with E-state index in [1.807, 2.05) is 0 Å². The third-order valence-corrected chi connectivity index (χ3v) is 3.86. The second-order valence-corrected chi connectivity index (χ2v) is 5.83. The molecule has 0 aromatic heterocycles. The number of carbonyl (C=O) groups is 2. The number of benzene rings is 2. The number of hydrogen-bond donors (Lipinski definition) is 2. The average Bonchev–Trinajstić information content (AvgIpc) is 2.69. The molecule has 1 atom stereocenters. The van der Waals surface area contributed by atoms with Gasteiger partial charge in [-0.1, -0.05) is 30.3 Å². The van der Waals surface area contributed by atoms with Crippen molar-refractivity contribution in [1.82, 2.24) is 10.2 Å². The van der Waals surface area contributed by atoms with Gasteiger partial charge >= 0.3 is 0 Å². The molecule has 0 heterocycles. The number of aliphatic hydroxyl groups is 1. The van der Waals surface area contributed by atoms with Crippen LogP contribution < -0.4 is 5.32 Å². The molecular formula is C18H15F5N2O3. The van der Waals surface area contributed by atoms with Crippen LogP contribution in [-0.2, 0) is 11.3 Å². The molecular weight excluding hydrogens is 387 g/mol. The standard InChI is InChI=1S/C18H15F5N2O3/c1-25(7-9-5-3-2-4-6-9)18(28)10(8-26)24-17(27)11-12(19)14(21)16(23)15(22)13(11)20/h2-6,10,26H,7-8H2,1H3,(H,24,27)/t10-/m0/s1. The van der Waals surface area contributed by atoms with Crippen molar-refractivity contribution in [3.8, 4) is 0 Å². The van der Waals surface area contributed by atoms with Crippen molar-refractivity contribution in [1.29, 1.82) is 0 Å². The number of amides is 2. The van der Waals surface area contributed by atoms with E-state index < -0.39 is 59.1 Å². The number of likely N-dealkylation sites (N-methyl/N-ethyl adjacent to an activating group) is 1. The smallest absolute Gasteiger partial charge is 0.258 e. The fourth-order valence-electron chi connectivity index (χ4n) is 2.42. The second-order valence-electron chi connectivity index (χ2n) is 5.83. The molecule has 2 aromatic carbocycles. The van der Waals surface area contributed by atoms with Crippen molar-refractivity contribution >= 4 is 11.8 Å². The normalized spacial score (nSPS) is 11.8. The predicted octanol–water partition coefficient (Wildman–Crippen LogP) is 2.13. The summed E-state index contributed by atoms with van der Waals surface area (Å²) in [5.74, 6) is -14.2. The van der Waals surface area contributed by atoms with Crippen molar-refractivity contribution in [2.75, 3.05) is 13.7 Å². The van der Waals surface area contributed by atoms with Crippen molar-refractivity contribution in [3.05, 3.63) is 70.5 Å². The molecule has 5 nitrogen and oxygen atoms in total. The Morgan fingerprint density at radius 1 is 0.964 bits per heavy atom. The number of halogens is 5. The van der Waals surface area contributed by atoms with Gasteiger partial charge in [0.2, 0.25) is 11.7 Å². The molecule has 10 heteroatoms. The first-order valence-corrected chi connectivity index (χ1v) is 7.91. The zero-order valence-corrected chi connectivity index (χ0v) is 14.5. The van der Waals surface area contributed by atoms with E-state index in [-0.39, 0.29) is 6.54 Å². The van der Waals surface area contributed by atoms with Crippen LogP contribution in [0, 0.1) is 29.1 Å². The van der Waals surface area contributed by atoms with E-state index in [1.54, 1.807) is 35.6 Å². The molecule has 0 aliphatic rings. The largest absolute Gasteiger partial charge is 0.394 e. The third-order valence-electron chi connectivity index (χ3n) is 3.86. The number of nitrogens with zero attached hydrogens (tertiary/aromatic N) is 1. The van der Waals surface area contributed by atoms with Crippen LogP contribution in [0.25, 0.3) is 0 Å². The highest BCUT2D eigenvalue weighted by Gasteiger charge is 2.32. The van der Waals surface area contributed by atoms with Gasteiger partial charge in [-0.05, 0) is 5.56 Å². The van der Waals surface area contributed by atoms with Gasteiger partial charge in [0.15, 0.2) is 23.3 Å². The SMILES string of the molecule is CN(Cc1ccccc1)C(=O)[C@H](CO)NC(=O)c1c(F)c(F)c(F)c(F)c1F. The summed E-state index contributed by atoms with van der Waals surface area (Å²) in [6, 6.07) is 6.98. The number of nitrogens with one attached hydrogen (secondary N) is 1. The first-order chi connectivity index (χ1) is 13.2. The van der Waals surface area contributed by atoms with Gasteiger partial charge in [0.1, 0.15) is 11.6 Å². The monoisotopic (exact) mass is 402 g/mol. The van der Waals surface area contributed by atoms with E-state index in [4.69, 9.17) is 0 Å². The minimum Gasteiger partial charge on any atom is -0.394 e. The van der Waals surface area contributed by atoms with Gasteiger partial charge in [-0.15, -0.1) is 0 Å². The van der Waals surface area contributed by atoms with Gasteiger partial charge < -0.3 is 15.3 Å². The van der Waals surface area contributed by atoms with E-state index in [2.05, 4.69) is 0 Å². The third kappa shape index (κ3) is 4.28. The maximum atomic E-state index is 13.7. The Kier molecular flexibility index (Phi) is 6.68. The van der Waals surface area contributed by atoms with Crippen LogP contribution in [0.5, 0.6) is 0 Å². The summed E-state index contributed by atoms with van der Waals surface area (Å²) < 4.78 is 67.0. The quantitative estimate of drug-likeness (QED) is 0.442. The Bertz CT molecular complexity index is 864. The Morgan fingerprint density at radius 3 is 1.96 bits per heavy atom. The highest BCUT2D eigenvalue weighted by Crippen LogP contribution is 2.23. The summed E-state index contributed by atoms with van der Waals surface area (Å²) in [6.45, 7) is -0.867. The minimum atomic E-state index is -2.41. The Labute approximate surface area is 156 Å². The molecule has 0 aliphatic carbocycles. The topological polar surface area (TPSA) is 69.6 Å². The van der Waals surface area contributed by atoms with E-state index in [9.17, 15) is 36.6 Å². The van der Waals surface area contributed by atoms with Crippen LogP contribution in [0.15, 0.2) is 30.3 Å². The lowest BCUT2D eigenvalue weighted by atomic mass is 10.1. The predicted molar refractivity (Wildman–Crippen MR) is 87.5 cm³/mol. The second kappa shape index (κ2) is 8.79. The summed E-state index contributed by atoms with van der Waals surface area (Å²) in [7, 11) is 1.35. The number of carbonyl (C=O) groups excluding carboxylic acids is 2. The van der Waals surface area contributed by atoms with Gasteiger partial charge in [0.05, 0.1) is 6.61 Å². The lowest BCUT2D eigenvalue weighted by Gasteiger charge is -2.23. The highest BCUT2D eigenvalue weighted by atomic mass is 19.2. The molecule has 2 amide bonds. The summed E-state index contributed by atoms with van der Waals surface area (Å²) in [4.78, 5) is 25.5. The first kappa shape index (κ1) is 21.3. The van der Waals surface area contributed by atoms with Crippen molar-refractivity contribution in [2.24, 2.45) is 0 Å². The van der Waals surface area contributed by atoms with Gasteiger partial charge in [0, 0.05) is 13.6 Å². The first-order valence-electron chi connectivity index (χ1n) is 7.91. The Hall–Kier alpha value is -3.01. The molecule has 2 aromatic rings. The van der Waals surface area contributed by atoms with Crippen LogP contribution in [-0.4, -0.2) is 41.5 Å². The summed E-state index contributed by atoms with van der Waals surface area (Å²) in [5, 5.41) is 11.1. The number of hydrogen-bond acceptors (Lipinski definition) is 3. The molecule has 28 heavy (non-hydrogen) atoms. The summed E-state index contributed by atoms with van der Waals surface area (Å²) in [6.07, 6.45) is 0. The van der Waals surface area contributed by atoms with Crippen LogP contribution in [0.3, 0.4) is 0 Å². The zero-order valence-electron chi connectivity index (χ0n) is 14.5. The number of rotatable bonds is 6. The van der Waals surface area contributed by atoms with E-state index >= 15 is 0 Å². The van der Waals surface area contributed by atoms with Crippen LogP contribution in [0.1, 0.15) is 15.9 Å². The molecule has 0 spiro atoms. The Balaban J connectivity index is 2.21. The maximum absolute atomic E-state index is 13.7. The fourth-order valence-corrected chi connectivity index (χ4v) is 2.42. The Morgan fingerprint density at radius 2 is 1.46 bits per heavy atom.